The van der Waals surface area contributed by atoms with Crippen LogP contribution in [0.25, 0.3) is 0 Å². The van der Waals surface area contributed by atoms with E-state index in [0.717, 1.165) is 6.42 Å². The lowest BCUT2D eigenvalue weighted by Gasteiger charge is -2.45. The maximum atomic E-state index is 13.8. The Kier molecular flexibility index (Phi) is 6.49. The molecule has 0 amide bonds. The molecule has 6 heteroatoms. The molecule has 28 heavy (non-hydrogen) atoms. The summed E-state index contributed by atoms with van der Waals surface area (Å²) in [5.74, 6) is 0.327. The lowest BCUT2D eigenvalue weighted by Crippen LogP contribution is -2.51. The molecule has 0 saturated carbocycles. The van der Waals surface area contributed by atoms with E-state index in [9.17, 15) is 4.57 Å². The summed E-state index contributed by atoms with van der Waals surface area (Å²) in [5, 5.41) is 0. The second-order valence-electron chi connectivity index (χ2n) is 7.58. The van der Waals surface area contributed by atoms with Gasteiger partial charge in [0, 0.05) is 5.92 Å². The molecule has 152 valence electrons. The minimum atomic E-state index is -3.54. The van der Waals surface area contributed by atoms with E-state index in [2.05, 4.69) is 13.8 Å². The van der Waals surface area contributed by atoms with E-state index in [1.54, 1.807) is 24.3 Å². The van der Waals surface area contributed by atoms with Crippen LogP contribution in [0.5, 0.6) is 11.5 Å². The third-order valence-corrected chi connectivity index (χ3v) is 6.61. The molecule has 5 nitrogen and oxygen atoms in total. The third kappa shape index (κ3) is 5.38. The van der Waals surface area contributed by atoms with E-state index in [4.69, 9.17) is 18.5 Å². The molecule has 0 aromatic heterocycles. The van der Waals surface area contributed by atoms with Gasteiger partial charge in [0.2, 0.25) is 0 Å². The first-order chi connectivity index (χ1) is 13.3. The topological polar surface area (TPSA) is 54.0 Å². The number of hydrogen-bond acceptors (Lipinski definition) is 5. The predicted octanol–water partition coefficient (Wildman–Crippen LogP) is 5.90. The van der Waals surface area contributed by atoms with Crippen molar-refractivity contribution in [2.45, 2.75) is 52.1 Å². The summed E-state index contributed by atoms with van der Waals surface area (Å²) < 4.78 is 37.8. The van der Waals surface area contributed by atoms with Crippen molar-refractivity contribution >= 4 is 7.60 Å². The van der Waals surface area contributed by atoms with E-state index in [-0.39, 0.29) is 24.3 Å². The monoisotopic (exact) mass is 404 g/mol. The molecular formula is C22H29O5P. The SMILES string of the molecule is CC[C@@H]1OC(C)(C)O[C@H](CP(=O)(Oc2ccccc2)Oc2ccccc2)[C@@H]1C. The molecular weight excluding hydrogens is 375 g/mol. The highest BCUT2D eigenvalue weighted by molar-refractivity contribution is 7.54. The van der Waals surface area contributed by atoms with Crippen LogP contribution in [0.4, 0.5) is 0 Å². The highest BCUT2D eigenvalue weighted by atomic mass is 31.2. The highest BCUT2D eigenvalue weighted by Crippen LogP contribution is 2.51. The number of ether oxygens (including phenoxy) is 2. The minimum Gasteiger partial charge on any atom is -0.416 e. The van der Waals surface area contributed by atoms with Crippen molar-refractivity contribution < 1.29 is 23.1 Å². The van der Waals surface area contributed by atoms with Crippen molar-refractivity contribution in [3.8, 4) is 11.5 Å². The van der Waals surface area contributed by atoms with Crippen LogP contribution in [0.1, 0.15) is 34.1 Å². The van der Waals surface area contributed by atoms with Gasteiger partial charge in [-0.25, -0.2) is 4.57 Å². The minimum absolute atomic E-state index is 0.0238. The average molecular weight is 404 g/mol. The van der Waals surface area contributed by atoms with Crippen molar-refractivity contribution in [2.75, 3.05) is 6.16 Å². The number of rotatable bonds is 7. The summed E-state index contributed by atoms with van der Waals surface area (Å²) in [6.45, 7) is 7.91. The summed E-state index contributed by atoms with van der Waals surface area (Å²) in [6, 6.07) is 18.2. The van der Waals surface area contributed by atoms with Gasteiger partial charge in [-0.3, -0.25) is 0 Å². The van der Waals surface area contributed by atoms with Gasteiger partial charge in [0.15, 0.2) is 5.79 Å². The molecule has 0 bridgehead atoms. The van der Waals surface area contributed by atoms with E-state index in [1.807, 2.05) is 50.2 Å². The Hall–Kier alpha value is -1.81. The van der Waals surface area contributed by atoms with Crippen LogP contribution in [-0.2, 0) is 14.0 Å². The first kappa shape index (κ1) is 20.9. The Bertz CT molecular complexity index is 748. The van der Waals surface area contributed by atoms with Crippen molar-refractivity contribution in [1.82, 2.24) is 0 Å². The molecule has 2 aromatic carbocycles. The molecule has 0 N–H and O–H groups in total. The summed E-state index contributed by atoms with van der Waals surface area (Å²) in [7, 11) is -3.54. The molecule has 3 atom stereocenters. The van der Waals surface area contributed by atoms with Crippen LogP contribution in [0.15, 0.2) is 60.7 Å². The molecule has 0 unspecified atom stereocenters. The van der Waals surface area contributed by atoms with Gasteiger partial charge in [-0.15, -0.1) is 0 Å². The molecule has 0 aliphatic carbocycles. The van der Waals surface area contributed by atoms with Crippen LogP contribution >= 0.6 is 7.60 Å². The standard InChI is InChI=1S/C22H29O5P/c1-5-20-17(2)21(25-22(3,4)24-20)16-28(23,26-18-12-8-6-9-13-18)27-19-14-10-7-11-15-19/h6-15,17,20-21H,5,16H2,1-4H3/t17-,20+,21-/m1/s1. The van der Waals surface area contributed by atoms with Crippen LogP contribution in [0.2, 0.25) is 0 Å². The van der Waals surface area contributed by atoms with Crippen LogP contribution in [-0.4, -0.2) is 24.2 Å². The Morgan fingerprint density at radius 3 is 1.82 bits per heavy atom. The smallest absolute Gasteiger partial charge is 0.416 e. The summed E-state index contributed by atoms with van der Waals surface area (Å²) in [4.78, 5) is 0. The first-order valence-electron chi connectivity index (χ1n) is 9.74. The van der Waals surface area contributed by atoms with Gasteiger partial charge in [-0.05, 0) is 44.5 Å². The second-order valence-corrected chi connectivity index (χ2v) is 9.53. The predicted molar refractivity (Wildman–Crippen MR) is 110 cm³/mol. The van der Waals surface area contributed by atoms with Gasteiger partial charge >= 0.3 is 7.60 Å². The molecule has 1 fully saturated rings. The quantitative estimate of drug-likeness (QED) is 0.538. The molecule has 0 radical (unpaired) electrons. The fraction of sp³-hybridized carbons (Fsp3) is 0.455. The van der Waals surface area contributed by atoms with Gasteiger partial charge in [0.25, 0.3) is 0 Å². The summed E-state index contributed by atoms with van der Waals surface area (Å²) in [5.41, 5.74) is 0. The van der Waals surface area contributed by atoms with Gasteiger partial charge in [-0.1, -0.05) is 50.2 Å². The third-order valence-electron chi connectivity index (χ3n) is 4.82. The molecule has 2 aromatic rings. The zero-order valence-electron chi connectivity index (χ0n) is 16.9. The largest absolute Gasteiger partial charge is 0.433 e. The first-order valence-corrected chi connectivity index (χ1v) is 11.5. The molecule has 0 spiro atoms. The Balaban J connectivity index is 1.86. The van der Waals surface area contributed by atoms with Crippen molar-refractivity contribution in [3.63, 3.8) is 0 Å². The highest BCUT2D eigenvalue weighted by Gasteiger charge is 2.45. The Morgan fingerprint density at radius 2 is 1.36 bits per heavy atom. The van der Waals surface area contributed by atoms with E-state index in [0.29, 0.717) is 11.5 Å². The molecule has 1 aliphatic rings. The van der Waals surface area contributed by atoms with Gasteiger partial charge < -0.3 is 18.5 Å². The Morgan fingerprint density at radius 1 is 0.893 bits per heavy atom. The Labute approximate surface area is 167 Å². The molecule has 1 saturated heterocycles. The maximum absolute atomic E-state index is 13.8. The summed E-state index contributed by atoms with van der Waals surface area (Å²) >= 11 is 0. The van der Waals surface area contributed by atoms with Crippen molar-refractivity contribution in [2.24, 2.45) is 5.92 Å². The number of para-hydroxylation sites is 2. The second kappa shape index (κ2) is 8.69. The number of benzene rings is 2. The lowest BCUT2D eigenvalue weighted by molar-refractivity contribution is -0.314. The van der Waals surface area contributed by atoms with E-state index >= 15 is 0 Å². The average Bonchev–Trinajstić information content (AvgIpc) is 2.65. The van der Waals surface area contributed by atoms with E-state index < -0.39 is 13.4 Å². The number of hydrogen-bond donors (Lipinski definition) is 0. The van der Waals surface area contributed by atoms with Crippen molar-refractivity contribution in [3.05, 3.63) is 60.7 Å². The molecule has 1 heterocycles. The maximum Gasteiger partial charge on any atom is 0.433 e. The van der Waals surface area contributed by atoms with Crippen molar-refractivity contribution in [1.29, 1.82) is 0 Å². The van der Waals surface area contributed by atoms with Gasteiger partial charge in [0.1, 0.15) is 11.5 Å². The zero-order chi connectivity index (χ0) is 20.2. The van der Waals surface area contributed by atoms with E-state index in [1.165, 1.54) is 0 Å². The van der Waals surface area contributed by atoms with Crippen LogP contribution in [0, 0.1) is 5.92 Å². The van der Waals surface area contributed by atoms with Crippen LogP contribution < -0.4 is 9.05 Å². The molecule has 3 rings (SSSR count). The van der Waals surface area contributed by atoms with Gasteiger partial charge in [0.05, 0.1) is 18.4 Å². The normalized spacial score (nSPS) is 24.5. The van der Waals surface area contributed by atoms with Gasteiger partial charge in [-0.2, -0.15) is 0 Å². The molecule has 1 aliphatic heterocycles. The summed E-state index contributed by atoms with van der Waals surface area (Å²) in [6.07, 6.45) is 0.706. The van der Waals surface area contributed by atoms with Crippen LogP contribution in [0.3, 0.4) is 0 Å². The fourth-order valence-corrected chi connectivity index (χ4v) is 5.39. The fourth-order valence-electron chi connectivity index (χ4n) is 3.47. The zero-order valence-corrected chi connectivity index (χ0v) is 17.8. The lowest BCUT2D eigenvalue weighted by atomic mass is 9.95.